The van der Waals surface area contributed by atoms with Gasteiger partial charge in [0.2, 0.25) is 0 Å². The number of hydrogen-bond donors (Lipinski definition) is 1. The zero-order valence-corrected chi connectivity index (χ0v) is 11.5. The van der Waals surface area contributed by atoms with E-state index in [1.165, 1.54) is 5.56 Å². The number of aryl methyl sites for hydroxylation is 1. The average Bonchev–Trinajstić information content (AvgIpc) is 2.49. The molecule has 0 saturated heterocycles. The first-order chi connectivity index (χ1) is 9.72. The summed E-state index contributed by atoms with van der Waals surface area (Å²) in [7, 11) is 0. The number of rotatable bonds is 3. The van der Waals surface area contributed by atoms with E-state index in [2.05, 4.69) is 36.2 Å². The number of aromatic nitrogens is 1. The molecule has 0 aliphatic rings. The van der Waals surface area contributed by atoms with Gasteiger partial charge < -0.3 is 5.11 Å². The molecule has 2 heteroatoms. The van der Waals surface area contributed by atoms with E-state index in [1.807, 2.05) is 36.4 Å². The maximum atomic E-state index is 10.3. The SMILES string of the molecule is Cc1ccc(CC(O)c2ccc3ccccc3n2)cc1. The van der Waals surface area contributed by atoms with E-state index in [0.717, 1.165) is 22.2 Å². The topological polar surface area (TPSA) is 33.1 Å². The smallest absolute Gasteiger partial charge is 0.1000 e. The lowest BCUT2D eigenvalue weighted by atomic mass is 10.0. The Morgan fingerprint density at radius 1 is 0.950 bits per heavy atom. The van der Waals surface area contributed by atoms with E-state index in [4.69, 9.17) is 0 Å². The predicted octanol–water partition coefficient (Wildman–Crippen LogP) is 3.82. The van der Waals surface area contributed by atoms with Crippen LogP contribution in [0.5, 0.6) is 0 Å². The van der Waals surface area contributed by atoms with Gasteiger partial charge in [0.1, 0.15) is 0 Å². The highest BCUT2D eigenvalue weighted by Gasteiger charge is 2.10. The lowest BCUT2D eigenvalue weighted by Gasteiger charge is -2.11. The Labute approximate surface area is 118 Å². The Balaban J connectivity index is 1.84. The van der Waals surface area contributed by atoms with Gasteiger partial charge in [0.05, 0.1) is 17.3 Å². The van der Waals surface area contributed by atoms with E-state index in [1.54, 1.807) is 0 Å². The molecular formula is C18H17NO. The first kappa shape index (κ1) is 12.8. The molecule has 0 amide bonds. The van der Waals surface area contributed by atoms with E-state index in [9.17, 15) is 5.11 Å². The van der Waals surface area contributed by atoms with Gasteiger partial charge in [-0.2, -0.15) is 0 Å². The molecule has 1 atom stereocenters. The summed E-state index contributed by atoms with van der Waals surface area (Å²) in [6.45, 7) is 2.06. The molecule has 0 aliphatic carbocycles. The lowest BCUT2D eigenvalue weighted by molar-refractivity contribution is 0.174. The molecule has 3 aromatic rings. The third kappa shape index (κ3) is 2.70. The number of fused-ring (bicyclic) bond motifs is 1. The first-order valence-electron chi connectivity index (χ1n) is 6.82. The van der Waals surface area contributed by atoms with Gasteiger partial charge in [-0.3, -0.25) is 4.98 Å². The van der Waals surface area contributed by atoms with Crippen LogP contribution in [0.4, 0.5) is 0 Å². The highest BCUT2D eigenvalue weighted by molar-refractivity contribution is 5.78. The van der Waals surface area contributed by atoms with Gasteiger partial charge in [-0.05, 0) is 24.6 Å². The standard InChI is InChI=1S/C18H17NO/c1-13-6-8-14(9-7-13)12-18(20)17-11-10-15-4-2-3-5-16(15)19-17/h2-11,18,20H,12H2,1H3. The number of nitrogens with zero attached hydrogens (tertiary/aromatic N) is 1. The summed E-state index contributed by atoms with van der Waals surface area (Å²) >= 11 is 0. The summed E-state index contributed by atoms with van der Waals surface area (Å²) in [4.78, 5) is 4.54. The van der Waals surface area contributed by atoms with Crippen LogP contribution in [0.15, 0.2) is 60.7 Å². The monoisotopic (exact) mass is 263 g/mol. The van der Waals surface area contributed by atoms with Crippen LogP contribution >= 0.6 is 0 Å². The number of benzene rings is 2. The molecular weight excluding hydrogens is 246 g/mol. The second-order valence-corrected chi connectivity index (χ2v) is 5.13. The third-order valence-corrected chi connectivity index (χ3v) is 3.51. The summed E-state index contributed by atoms with van der Waals surface area (Å²) in [5, 5.41) is 11.4. The number of aliphatic hydroxyl groups excluding tert-OH is 1. The van der Waals surface area contributed by atoms with Gasteiger partial charge in [-0.25, -0.2) is 0 Å². The second kappa shape index (κ2) is 5.43. The molecule has 1 unspecified atom stereocenters. The maximum absolute atomic E-state index is 10.3. The van der Waals surface area contributed by atoms with Crippen molar-refractivity contribution in [2.45, 2.75) is 19.4 Å². The number of pyridine rings is 1. The Hall–Kier alpha value is -2.19. The van der Waals surface area contributed by atoms with Crippen molar-refractivity contribution in [3.05, 3.63) is 77.5 Å². The molecule has 0 saturated carbocycles. The molecule has 3 rings (SSSR count). The summed E-state index contributed by atoms with van der Waals surface area (Å²) in [5.74, 6) is 0. The number of para-hydroxylation sites is 1. The molecule has 0 radical (unpaired) electrons. The van der Waals surface area contributed by atoms with E-state index < -0.39 is 6.10 Å². The molecule has 100 valence electrons. The Bertz CT molecular complexity index is 719. The summed E-state index contributed by atoms with van der Waals surface area (Å²) in [5.41, 5.74) is 4.00. The van der Waals surface area contributed by atoms with Crippen LogP contribution in [0.3, 0.4) is 0 Å². The molecule has 0 fully saturated rings. The number of hydrogen-bond acceptors (Lipinski definition) is 2. The quantitative estimate of drug-likeness (QED) is 0.779. The highest BCUT2D eigenvalue weighted by atomic mass is 16.3. The second-order valence-electron chi connectivity index (χ2n) is 5.13. The average molecular weight is 263 g/mol. The fraction of sp³-hybridized carbons (Fsp3) is 0.167. The van der Waals surface area contributed by atoms with Crippen LogP contribution in [-0.2, 0) is 6.42 Å². The van der Waals surface area contributed by atoms with Gasteiger partial charge in [0, 0.05) is 11.8 Å². The predicted molar refractivity (Wildman–Crippen MR) is 81.6 cm³/mol. The largest absolute Gasteiger partial charge is 0.386 e. The maximum Gasteiger partial charge on any atom is 0.1000 e. The molecule has 20 heavy (non-hydrogen) atoms. The van der Waals surface area contributed by atoms with Crippen molar-refractivity contribution in [1.82, 2.24) is 4.98 Å². The fourth-order valence-electron chi connectivity index (χ4n) is 2.32. The molecule has 2 nitrogen and oxygen atoms in total. The minimum Gasteiger partial charge on any atom is -0.386 e. The van der Waals surface area contributed by atoms with Crippen LogP contribution < -0.4 is 0 Å². The highest BCUT2D eigenvalue weighted by Crippen LogP contribution is 2.20. The van der Waals surface area contributed by atoms with Crippen LogP contribution in [0.2, 0.25) is 0 Å². The van der Waals surface area contributed by atoms with Gasteiger partial charge >= 0.3 is 0 Å². The Morgan fingerprint density at radius 2 is 1.70 bits per heavy atom. The summed E-state index contributed by atoms with van der Waals surface area (Å²) in [6.07, 6.45) is 0.0216. The third-order valence-electron chi connectivity index (χ3n) is 3.51. The van der Waals surface area contributed by atoms with Crippen molar-refractivity contribution in [2.75, 3.05) is 0 Å². The van der Waals surface area contributed by atoms with Crippen molar-refractivity contribution in [3.63, 3.8) is 0 Å². The normalized spacial score (nSPS) is 12.5. The van der Waals surface area contributed by atoms with Crippen molar-refractivity contribution in [2.24, 2.45) is 0 Å². The van der Waals surface area contributed by atoms with Crippen molar-refractivity contribution < 1.29 is 5.11 Å². The number of aliphatic hydroxyl groups is 1. The fourth-order valence-corrected chi connectivity index (χ4v) is 2.32. The molecule has 1 aromatic heterocycles. The minimum atomic E-state index is -0.567. The molecule has 0 bridgehead atoms. The van der Waals surface area contributed by atoms with Crippen LogP contribution in [-0.4, -0.2) is 10.1 Å². The van der Waals surface area contributed by atoms with Crippen molar-refractivity contribution in [3.8, 4) is 0 Å². The minimum absolute atomic E-state index is 0.567. The zero-order chi connectivity index (χ0) is 13.9. The van der Waals surface area contributed by atoms with Crippen molar-refractivity contribution in [1.29, 1.82) is 0 Å². The Kier molecular flexibility index (Phi) is 3.48. The van der Waals surface area contributed by atoms with Crippen LogP contribution in [0.1, 0.15) is 22.9 Å². The van der Waals surface area contributed by atoms with Crippen molar-refractivity contribution >= 4 is 10.9 Å². The van der Waals surface area contributed by atoms with Gasteiger partial charge in [-0.1, -0.05) is 54.1 Å². The van der Waals surface area contributed by atoms with Gasteiger partial charge in [-0.15, -0.1) is 0 Å². The molecule has 2 aromatic carbocycles. The van der Waals surface area contributed by atoms with Gasteiger partial charge in [0.25, 0.3) is 0 Å². The van der Waals surface area contributed by atoms with Crippen LogP contribution in [0.25, 0.3) is 10.9 Å². The zero-order valence-electron chi connectivity index (χ0n) is 11.5. The summed E-state index contributed by atoms with van der Waals surface area (Å²) < 4.78 is 0. The molecule has 0 aliphatic heterocycles. The van der Waals surface area contributed by atoms with E-state index >= 15 is 0 Å². The lowest BCUT2D eigenvalue weighted by Crippen LogP contribution is -2.04. The molecule has 1 heterocycles. The molecule has 1 N–H and O–H groups in total. The van der Waals surface area contributed by atoms with Crippen LogP contribution in [0, 0.1) is 6.92 Å². The Morgan fingerprint density at radius 3 is 2.50 bits per heavy atom. The van der Waals surface area contributed by atoms with E-state index in [-0.39, 0.29) is 0 Å². The molecule has 0 spiro atoms. The van der Waals surface area contributed by atoms with E-state index in [0.29, 0.717) is 6.42 Å². The summed E-state index contributed by atoms with van der Waals surface area (Å²) in [6, 6.07) is 20.1. The van der Waals surface area contributed by atoms with Gasteiger partial charge in [0.15, 0.2) is 0 Å². The first-order valence-corrected chi connectivity index (χ1v) is 6.82.